The molecule has 130 valence electrons. The van der Waals surface area contributed by atoms with E-state index in [9.17, 15) is 9.59 Å². The van der Waals surface area contributed by atoms with Gasteiger partial charge in [0.2, 0.25) is 0 Å². The van der Waals surface area contributed by atoms with Crippen LogP contribution >= 0.6 is 0 Å². The molecule has 0 saturated carbocycles. The molecule has 0 amide bonds. The highest BCUT2D eigenvalue weighted by Crippen LogP contribution is 2.33. The van der Waals surface area contributed by atoms with Gasteiger partial charge >= 0.3 is 11.9 Å². The molecule has 0 bridgehead atoms. The van der Waals surface area contributed by atoms with Crippen molar-refractivity contribution in [3.05, 3.63) is 0 Å². The normalized spacial score (nSPS) is 14.5. The van der Waals surface area contributed by atoms with Crippen LogP contribution in [0.25, 0.3) is 0 Å². The van der Waals surface area contributed by atoms with Crippen LogP contribution in [0.1, 0.15) is 85.5 Å². The first kappa shape index (κ1) is 20.9. The first-order valence-corrected chi connectivity index (χ1v) is 8.60. The Labute approximate surface area is 135 Å². The smallest absolute Gasteiger partial charge is 0.303 e. The minimum Gasteiger partial charge on any atom is -0.481 e. The Kier molecular flexibility index (Phi) is 10.1. The fourth-order valence-corrected chi connectivity index (χ4v) is 3.46. The molecule has 0 aromatic heterocycles. The van der Waals surface area contributed by atoms with Crippen LogP contribution in [0.2, 0.25) is 0 Å². The van der Waals surface area contributed by atoms with E-state index in [0.717, 1.165) is 44.9 Å². The Morgan fingerprint density at radius 2 is 1.59 bits per heavy atom. The van der Waals surface area contributed by atoms with Gasteiger partial charge in [-0.05, 0) is 36.5 Å². The van der Waals surface area contributed by atoms with Gasteiger partial charge in [0.15, 0.2) is 0 Å². The van der Waals surface area contributed by atoms with Crippen LogP contribution in [-0.4, -0.2) is 22.2 Å². The van der Waals surface area contributed by atoms with Crippen LogP contribution in [0, 0.1) is 17.3 Å². The second-order valence-corrected chi connectivity index (χ2v) is 7.57. The van der Waals surface area contributed by atoms with Crippen molar-refractivity contribution in [2.75, 3.05) is 0 Å². The maximum absolute atomic E-state index is 10.8. The van der Waals surface area contributed by atoms with Gasteiger partial charge in [0.25, 0.3) is 0 Å². The van der Waals surface area contributed by atoms with Crippen molar-refractivity contribution in [1.82, 2.24) is 0 Å². The number of unbranched alkanes of at least 4 members (excludes halogenated alkanes) is 1. The molecule has 0 heterocycles. The van der Waals surface area contributed by atoms with Gasteiger partial charge in [0.05, 0.1) is 0 Å². The highest BCUT2D eigenvalue weighted by atomic mass is 16.4. The van der Waals surface area contributed by atoms with Crippen LogP contribution in [0.5, 0.6) is 0 Å². The minimum atomic E-state index is -0.723. The minimum absolute atomic E-state index is 0.155. The average Bonchev–Trinajstić information content (AvgIpc) is 2.32. The standard InChI is InChI=1S/C18H34O4/c1-5-8-15(12-17(21)22)9-6-7-10-18(3,4)13-14(2)11-16(19)20/h14-15H,5-13H2,1-4H3,(H,19,20)(H,21,22). The fraction of sp³-hybridized carbons (Fsp3) is 0.889. The Bertz CT molecular complexity index is 336. The van der Waals surface area contributed by atoms with E-state index in [1.807, 2.05) is 6.92 Å². The molecule has 0 rings (SSSR count). The first-order valence-electron chi connectivity index (χ1n) is 8.60. The van der Waals surface area contributed by atoms with Gasteiger partial charge < -0.3 is 10.2 Å². The van der Waals surface area contributed by atoms with E-state index in [1.54, 1.807) is 0 Å². The molecule has 0 aliphatic rings. The average molecular weight is 314 g/mol. The zero-order valence-corrected chi connectivity index (χ0v) is 14.7. The molecule has 0 fully saturated rings. The summed E-state index contributed by atoms with van der Waals surface area (Å²) in [5, 5.41) is 17.7. The van der Waals surface area contributed by atoms with Crippen LogP contribution in [-0.2, 0) is 9.59 Å². The molecule has 0 aliphatic heterocycles. The zero-order valence-electron chi connectivity index (χ0n) is 14.7. The molecular formula is C18H34O4. The van der Waals surface area contributed by atoms with E-state index in [1.165, 1.54) is 0 Å². The van der Waals surface area contributed by atoms with Crippen molar-refractivity contribution < 1.29 is 19.8 Å². The molecule has 22 heavy (non-hydrogen) atoms. The number of rotatable bonds is 13. The molecule has 0 aromatic rings. The third-order valence-electron chi connectivity index (χ3n) is 4.30. The fourth-order valence-electron chi connectivity index (χ4n) is 3.46. The molecular weight excluding hydrogens is 280 g/mol. The van der Waals surface area contributed by atoms with Crippen LogP contribution in [0.3, 0.4) is 0 Å². The van der Waals surface area contributed by atoms with Crippen molar-refractivity contribution in [3.8, 4) is 0 Å². The number of hydrogen-bond donors (Lipinski definition) is 2. The van der Waals surface area contributed by atoms with Crippen LogP contribution in [0.15, 0.2) is 0 Å². The molecule has 2 N–H and O–H groups in total. The van der Waals surface area contributed by atoms with E-state index in [0.29, 0.717) is 5.92 Å². The van der Waals surface area contributed by atoms with E-state index in [4.69, 9.17) is 10.2 Å². The molecule has 0 spiro atoms. The maximum Gasteiger partial charge on any atom is 0.303 e. The summed E-state index contributed by atoms with van der Waals surface area (Å²) in [4.78, 5) is 21.6. The highest BCUT2D eigenvalue weighted by molar-refractivity contribution is 5.67. The molecule has 0 aromatic carbocycles. The second kappa shape index (κ2) is 10.6. The molecule has 2 atom stereocenters. The lowest BCUT2D eigenvalue weighted by Gasteiger charge is -2.28. The largest absolute Gasteiger partial charge is 0.481 e. The number of hydrogen-bond acceptors (Lipinski definition) is 2. The molecule has 4 nitrogen and oxygen atoms in total. The predicted octanol–water partition coefficient (Wildman–Crippen LogP) is 4.96. The summed E-state index contributed by atoms with van der Waals surface area (Å²) in [6, 6.07) is 0. The summed E-state index contributed by atoms with van der Waals surface area (Å²) in [6.45, 7) is 8.50. The zero-order chi connectivity index (χ0) is 17.2. The van der Waals surface area contributed by atoms with E-state index >= 15 is 0 Å². The summed E-state index contributed by atoms with van der Waals surface area (Å²) in [7, 11) is 0. The molecule has 0 radical (unpaired) electrons. The molecule has 2 unspecified atom stereocenters. The van der Waals surface area contributed by atoms with Gasteiger partial charge in [-0.3, -0.25) is 9.59 Å². The summed E-state index contributed by atoms with van der Waals surface area (Å²) in [5.41, 5.74) is 0.155. The van der Waals surface area contributed by atoms with Crippen molar-refractivity contribution in [3.63, 3.8) is 0 Å². The van der Waals surface area contributed by atoms with Crippen molar-refractivity contribution in [1.29, 1.82) is 0 Å². The topological polar surface area (TPSA) is 74.6 Å². The van der Waals surface area contributed by atoms with Crippen molar-refractivity contribution in [2.45, 2.75) is 85.5 Å². The Balaban J connectivity index is 4.04. The van der Waals surface area contributed by atoms with Gasteiger partial charge in [-0.25, -0.2) is 0 Å². The summed E-state index contributed by atoms with van der Waals surface area (Å²) in [6.07, 6.45) is 7.69. The third kappa shape index (κ3) is 11.6. The molecule has 0 saturated heterocycles. The predicted molar refractivity (Wildman–Crippen MR) is 88.9 cm³/mol. The van der Waals surface area contributed by atoms with Gasteiger partial charge in [-0.1, -0.05) is 53.4 Å². The van der Waals surface area contributed by atoms with Crippen molar-refractivity contribution in [2.24, 2.45) is 17.3 Å². The third-order valence-corrected chi connectivity index (χ3v) is 4.30. The highest BCUT2D eigenvalue weighted by Gasteiger charge is 2.22. The summed E-state index contributed by atoms with van der Waals surface area (Å²) >= 11 is 0. The number of carboxylic acid groups (broad SMARTS) is 2. The maximum atomic E-state index is 10.8. The first-order chi connectivity index (χ1) is 10.2. The molecule has 4 heteroatoms. The lowest BCUT2D eigenvalue weighted by molar-refractivity contribution is -0.139. The lowest BCUT2D eigenvalue weighted by Crippen LogP contribution is -2.18. The number of carboxylic acids is 2. The van der Waals surface area contributed by atoms with E-state index in [2.05, 4.69) is 20.8 Å². The van der Waals surface area contributed by atoms with Crippen LogP contribution < -0.4 is 0 Å². The van der Waals surface area contributed by atoms with E-state index in [-0.39, 0.29) is 24.2 Å². The van der Waals surface area contributed by atoms with Crippen LogP contribution in [0.4, 0.5) is 0 Å². The number of carbonyl (C=O) groups is 2. The Morgan fingerprint density at radius 1 is 1.00 bits per heavy atom. The van der Waals surface area contributed by atoms with Gasteiger partial charge in [-0.2, -0.15) is 0 Å². The van der Waals surface area contributed by atoms with Gasteiger partial charge in [-0.15, -0.1) is 0 Å². The van der Waals surface area contributed by atoms with Gasteiger partial charge in [0, 0.05) is 12.8 Å². The summed E-state index contributed by atoms with van der Waals surface area (Å²) < 4.78 is 0. The monoisotopic (exact) mass is 314 g/mol. The van der Waals surface area contributed by atoms with Crippen molar-refractivity contribution >= 4 is 11.9 Å². The quantitative estimate of drug-likeness (QED) is 0.471. The Hall–Kier alpha value is -1.06. The number of aliphatic carboxylic acids is 2. The Morgan fingerprint density at radius 3 is 2.09 bits per heavy atom. The van der Waals surface area contributed by atoms with E-state index < -0.39 is 11.9 Å². The SMILES string of the molecule is CCCC(CCCCC(C)(C)CC(C)CC(=O)O)CC(=O)O. The summed E-state index contributed by atoms with van der Waals surface area (Å²) in [5.74, 6) is -0.912. The molecule has 0 aliphatic carbocycles. The lowest BCUT2D eigenvalue weighted by atomic mass is 9.78. The second-order valence-electron chi connectivity index (χ2n) is 7.57. The van der Waals surface area contributed by atoms with Gasteiger partial charge in [0.1, 0.15) is 0 Å².